The van der Waals surface area contributed by atoms with Gasteiger partial charge in [0, 0.05) is 19.0 Å². The van der Waals surface area contributed by atoms with Crippen LogP contribution in [0.25, 0.3) is 0 Å². The Hall–Kier alpha value is -3.06. The average Bonchev–Trinajstić information content (AvgIpc) is 4.00. The molecule has 1 aromatic heterocycles. The van der Waals surface area contributed by atoms with Gasteiger partial charge in [0.2, 0.25) is 0 Å². The van der Waals surface area contributed by atoms with Gasteiger partial charge in [-0.05, 0) is 56.9 Å². The molecule has 2 fully saturated rings. The first kappa shape index (κ1) is 61.2. The molecule has 21 heteroatoms. The molecule has 0 saturated carbocycles. The molecule has 0 aliphatic carbocycles. The maximum atomic E-state index is 12.8. The molecule has 1 aromatic rings. The number of nitrogen functional groups attached to an aromatic ring is 1. The minimum Gasteiger partial charge on any atom is -0.462 e. The van der Waals surface area contributed by atoms with Gasteiger partial charge in [-0.15, -0.1) is 0 Å². The van der Waals surface area contributed by atoms with Crippen molar-refractivity contribution in [3.8, 4) is 0 Å². The maximum Gasteiger partial charge on any atom is 0.481 e. The molecule has 0 amide bonds. The van der Waals surface area contributed by atoms with E-state index in [0.29, 0.717) is 31.5 Å². The van der Waals surface area contributed by atoms with Gasteiger partial charge in [-0.2, -0.15) is 9.29 Å². The fourth-order valence-corrected chi connectivity index (χ4v) is 9.84. The SMILES string of the molecule is CCCCCC1OC1C/C=C\C/C=C\C/C=C\CCCC(=O)O[C@H](COC(=O)CCCCCCCCCCCCC(C)CC)COP(=O)(O)OP(=O)(O)OC[C@H]1O[C@@H](n2ccc(N)nc2=O)[C@H](O)[C@@H]1O. The number of aliphatic hydroxyl groups excluding tert-OH is 2. The van der Waals surface area contributed by atoms with Crippen LogP contribution in [0.3, 0.4) is 0 Å². The van der Waals surface area contributed by atoms with E-state index in [-0.39, 0.29) is 18.7 Å². The van der Waals surface area contributed by atoms with Gasteiger partial charge in [-0.1, -0.05) is 147 Å². The first-order valence-electron chi connectivity index (χ1n) is 25.5. The van der Waals surface area contributed by atoms with Crippen LogP contribution in [0.4, 0.5) is 5.82 Å². The molecule has 6 N–H and O–H groups in total. The number of phosphoric ester groups is 2. The Morgan fingerprint density at radius 2 is 1.40 bits per heavy atom. The number of hydrogen-bond donors (Lipinski definition) is 5. The highest BCUT2D eigenvalue weighted by Gasteiger charge is 2.46. The number of esters is 2. The molecule has 2 aliphatic heterocycles. The Balaban J connectivity index is 1.41. The van der Waals surface area contributed by atoms with Crippen LogP contribution in [0, 0.1) is 5.92 Å². The highest BCUT2D eigenvalue weighted by atomic mass is 31.3. The molecule has 0 aromatic carbocycles. The summed E-state index contributed by atoms with van der Waals surface area (Å²) in [5, 5.41) is 20.9. The summed E-state index contributed by atoms with van der Waals surface area (Å²) in [6.07, 6.45) is 28.4. The standard InChI is InChI=1S/C49H83N3O16P2/c1-4-6-23-29-40-41(66-40)30-25-20-16-12-8-10-14-18-22-27-32-45(54)65-39(35-62-44(53)31-26-21-17-13-9-7-11-15-19-24-28-38(3)5-2)36-63-69(58,59)68-70(60,61)64-37-42-46(55)47(56)48(67-42)52-34-33-43(50)51-49(52)57/h8,12,14,18,20,25,33-34,38-42,46-48,55-56H,4-7,9-11,13,15-17,19,21-24,26-32,35-37H2,1-3H3,(H,58,59)(H,60,61)(H2,50,51,57)/b12-8-,18-14-,25-20-/t38?,39-,40?,41?,42-,46-,47-,48-/m1/s1. The third kappa shape index (κ3) is 26.6. The number of rotatable bonds is 40. The summed E-state index contributed by atoms with van der Waals surface area (Å²) in [5.41, 5.74) is 4.58. The van der Waals surface area contributed by atoms with Gasteiger partial charge in [0.15, 0.2) is 12.3 Å². The molecule has 70 heavy (non-hydrogen) atoms. The zero-order valence-electron chi connectivity index (χ0n) is 41.7. The number of phosphoric acid groups is 2. The number of carbonyl (C=O) groups is 2. The van der Waals surface area contributed by atoms with Crippen LogP contribution in [0.5, 0.6) is 0 Å². The first-order valence-corrected chi connectivity index (χ1v) is 28.5. The number of anilines is 1. The van der Waals surface area contributed by atoms with E-state index >= 15 is 0 Å². The third-order valence-corrected chi connectivity index (χ3v) is 14.8. The monoisotopic (exact) mass is 1030 g/mol. The second kappa shape index (κ2) is 34.4. The summed E-state index contributed by atoms with van der Waals surface area (Å²) in [6.45, 7) is 4.39. The number of aliphatic hydroxyl groups is 2. The first-order chi connectivity index (χ1) is 33.5. The van der Waals surface area contributed by atoms with E-state index < -0.39 is 83.7 Å². The summed E-state index contributed by atoms with van der Waals surface area (Å²) in [4.78, 5) is 61.9. The van der Waals surface area contributed by atoms with E-state index in [0.717, 1.165) is 68.0 Å². The Morgan fingerprint density at radius 1 is 0.771 bits per heavy atom. The van der Waals surface area contributed by atoms with Gasteiger partial charge >= 0.3 is 33.3 Å². The van der Waals surface area contributed by atoms with Crippen molar-refractivity contribution in [2.45, 2.75) is 211 Å². The lowest BCUT2D eigenvalue weighted by molar-refractivity contribution is -0.161. The van der Waals surface area contributed by atoms with Crippen LogP contribution in [0.2, 0.25) is 0 Å². The molecule has 10 atom stereocenters. The van der Waals surface area contributed by atoms with E-state index in [9.17, 15) is 43.5 Å². The molecule has 5 unspecified atom stereocenters. The van der Waals surface area contributed by atoms with Crippen LogP contribution in [0.15, 0.2) is 53.5 Å². The number of nitrogens with two attached hydrogens (primary N) is 1. The summed E-state index contributed by atoms with van der Waals surface area (Å²) in [6, 6.07) is 1.24. The van der Waals surface area contributed by atoms with E-state index in [4.69, 9.17) is 33.7 Å². The molecule has 2 saturated heterocycles. The minimum atomic E-state index is -5.44. The Bertz CT molecular complexity index is 1900. The smallest absolute Gasteiger partial charge is 0.462 e. The van der Waals surface area contributed by atoms with Crippen LogP contribution in [0.1, 0.15) is 175 Å². The number of nitrogens with zero attached hydrogens (tertiary/aromatic N) is 2. The van der Waals surface area contributed by atoms with Crippen molar-refractivity contribution in [3.05, 3.63) is 59.2 Å². The summed E-state index contributed by atoms with van der Waals surface area (Å²) in [5.74, 6) is -0.565. The van der Waals surface area contributed by atoms with E-state index in [1.54, 1.807) is 0 Å². The van der Waals surface area contributed by atoms with E-state index in [1.165, 1.54) is 70.3 Å². The summed E-state index contributed by atoms with van der Waals surface area (Å²) < 4.78 is 62.5. The molecule has 0 radical (unpaired) electrons. The predicted octanol–water partition coefficient (Wildman–Crippen LogP) is 9.23. The Labute approximate surface area is 414 Å². The molecule has 3 rings (SSSR count). The van der Waals surface area contributed by atoms with Crippen molar-refractivity contribution < 1.29 is 71.0 Å². The average molecular weight is 1030 g/mol. The number of aromatic nitrogens is 2. The molecule has 2 aliphatic rings. The summed E-state index contributed by atoms with van der Waals surface area (Å²) >= 11 is 0. The van der Waals surface area contributed by atoms with Gasteiger partial charge in [0.25, 0.3) is 0 Å². The van der Waals surface area contributed by atoms with Crippen LogP contribution >= 0.6 is 15.6 Å². The quantitative estimate of drug-likeness (QED) is 0.0135. The Morgan fingerprint density at radius 3 is 2.07 bits per heavy atom. The number of carbonyl (C=O) groups excluding carboxylic acids is 2. The predicted molar refractivity (Wildman–Crippen MR) is 265 cm³/mol. The lowest BCUT2D eigenvalue weighted by Gasteiger charge is -2.21. The largest absolute Gasteiger partial charge is 0.481 e. The number of unbranched alkanes of at least 4 members (excludes halogenated alkanes) is 12. The molecular formula is C49H83N3O16P2. The fourth-order valence-electron chi connectivity index (χ4n) is 7.73. The number of ether oxygens (including phenoxy) is 4. The lowest BCUT2D eigenvalue weighted by atomic mass is 9.99. The second-order valence-electron chi connectivity index (χ2n) is 18.3. The fraction of sp³-hybridized carbons (Fsp3) is 0.755. The van der Waals surface area contributed by atoms with Crippen LogP contribution < -0.4 is 11.4 Å². The molecule has 0 spiro atoms. The lowest BCUT2D eigenvalue weighted by Crippen LogP contribution is -2.36. The van der Waals surface area contributed by atoms with E-state index in [1.807, 2.05) is 12.2 Å². The number of hydrogen-bond acceptors (Lipinski definition) is 16. The molecule has 19 nitrogen and oxygen atoms in total. The highest BCUT2D eigenvalue weighted by Crippen LogP contribution is 2.60. The normalized spacial score (nSPS) is 22.9. The van der Waals surface area contributed by atoms with Crippen molar-refractivity contribution in [1.82, 2.24) is 9.55 Å². The highest BCUT2D eigenvalue weighted by molar-refractivity contribution is 7.61. The van der Waals surface area contributed by atoms with Crippen molar-refractivity contribution in [3.63, 3.8) is 0 Å². The van der Waals surface area contributed by atoms with Crippen molar-refractivity contribution in [2.75, 3.05) is 25.6 Å². The topological polar surface area (TPSA) is 278 Å². The number of epoxide rings is 1. The zero-order chi connectivity index (χ0) is 51.2. The minimum absolute atomic E-state index is 0.0289. The maximum absolute atomic E-state index is 12.8. The van der Waals surface area contributed by atoms with Gasteiger partial charge < -0.3 is 44.7 Å². The molecular weight excluding hydrogens is 948 g/mol. The third-order valence-electron chi connectivity index (χ3n) is 12.2. The number of allylic oxidation sites excluding steroid dienone is 5. The molecule has 400 valence electrons. The van der Waals surface area contributed by atoms with Crippen molar-refractivity contribution in [2.24, 2.45) is 5.92 Å². The second-order valence-corrected chi connectivity index (χ2v) is 21.3. The van der Waals surface area contributed by atoms with Crippen LogP contribution in [-0.2, 0) is 51.0 Å². The van der Waals surface area contributed by atoms with Gasteiger partial charge in [-0.25, -0.2) is 13.9 Å². The van der Waals surface area contributed by atoms with Crippen molar-refractivity contribution >= 4 is 33.4 Å². The zero-order valence-corrected chi connectivity index (χ0v) is 43.5. The Kier molecular flexibility index (Phi) is 30.1. The molecule has 3 heterocycles. The summed E-state index contributed by atoms with van der Waals surface area (Å²) in [7, 11) is -10.9. The van der Waals surface area contributed by atoms with Gasteiger partial charge in [0.05, 0.1) is 25.4 Å². The van der Waals surface area contributed by atoms with Crippen molar-refractivity contribution in [1.29, 1.82) is 0 Å². The van der Waals surface area contributed by atoms with Crippen LogP contribution in [-0.4, -0.2) is 97.9 Å². The molecule has 0 bridgehead atoms. The van der Waals surface area contributed by atoms with E-state index in [2.05, 4.69) is 54.4 Å². The van der Waals surface area contributed by atoms with Gasteiger partial charge in [-0.3, -0.25) is 23.2 Å². The van der Waals surface area contributed by atoms with Gasteiger partial charge in [0.1, 0.15) is 30.7 Å².